The molecule has 3 unspecified atom stereocenters. The molecule has 0 radical (unpaired) electrons. The minimum Gasteiger partial charge on any atom is -0.481 e. The summed E-state index contributed by atoms with van der Waals surface area (Å²) in [5.74, 6) is -13.1. The highest BCUT2D eigenvalue weighted by molar-refractivity contribution is 6.18. The van der Waals surface area contributed by atoms with Crippen LogP contribution in [0.1, 0.15) is 75.3 Å². The Morgan fingerprint density at radius 2 is 1.10 bits per heavy atom. The molecule has 5 heterocycles. The molecule has 0 spiro atoms. The largest absolute Gasteiger partial charge is 0.481 e. The average Bonchev–Trinajstić information content (AvgIpc) is 3.81. The normalized spacial score (nSPS) is 22.2. The fraction of sp³-hybridized carbons (Fsp3) is 0.375. The number of allylic oxidation sites excluding steroid dienone is 4. The Morgan fingerprint density at radius 3 is 1.70 bits per heavy atom. The fourth-order valence-corrected chi connectivity index (χ4v) is 7.91. The lowest BCUT2D eigenvalue weighted by molar-refractivity contribution is -0.139. The van der Waals surface area contributed by atoms with Crippen LogP contribution < -0.4 is 10.7 Å². The van der Waals surface area contributed by atoms with E-state index in [0.717, 1.165) is 0 Å². The van der Waals surface area contributed by atoms with E-state index in [1.807, 2.05) is 0 Å². The van der Waals surface area contributed by atoms with Crippen molar-refractivity contribution in [2.75, 3.05) is 0 Å². The molecule has 316 valence electrons. The third-order valence-corrected chi connectivity index (χ3v) is 10.4. The molecule has 60 heavy (non-hydrogen) atoms. The highest BCUT2D eigenvalue weighted by atomic mass is 16.4. The van der Waals surface area contributed by atoms with Crippen LogP contribution in [0.2, 0.25) is 0 Å². The van der Waals surface area contributed by atoms with Gasteiger partial charge in [-0.25, -0.2) is 4.99 Å². The monoisotopic (exact) mass is 832 g/mol. The molecule has 8 bridgehead atoms. The van der Waals surface area contributed by atoms with Crippen molar-refractivity contribution in [3.05, 3.63) is 67.8 Å². The van der Waals surface area contributed by atoms with Gasteiger partial charge in [0.2, 0.25) is 0 Å². The summed E-state index contributed by atoms with van der Waals surface area (Å²) in [6, 6.07) is 0. The summed E-state index contributed by atoms with van der Waals surface area (Å²) >= 11 is 0. The van der Waals surface area contributed by atoms with E-state index in [2.05, 4.69) is 9.98 Å². The molecule has 1 aromatic rings. The van der Waals surface area contributed by atoms with Gasteiger partial charge in [0.15, 0.2) is 0 Å². The summed E-state index contributed by atoms with van der Waals surface area (Å²) in [7, 11) is 0. The first-order valence-electron chi connectivity index (χ1n) is 18.6. The van der Waals surface area contributed by atoms with E-state index in [1.165, 1.54) is 24.3 Å². The summed E-state index contributed by atoms with van der Waals surface area (Å²) in [6.45, 7) is 0. The minimum atomic E-state index is -1.34. The zero-order valence-electron chi connectivity index (χ0n) is 31.7. The summed E-state index contributed by atoms with van der Waals surface area (Å²) in [4.78, 5) is 114. The summed E-state index contributed by atoms with van der Waals surface area (Å²) in [6.07, 6.45) is 0.174. The number of H-pyrrole nitrogens is 1. The van der Waals surface area contributed by atoms with Gasteiger partial charge in [-0.15, -0.1) is 0 Å². The predicted octanol–water partition coefficient (Wildman–Crippen LogP) is 1.78. The Labute approximate surface area is 338 Å². The standard InChI is InChI=1S/C40H40N4O16/c45-33(46)5-1-17-21(9-37(53)54)29-14-27-19(3-7-35(49)50)22(10-38(55)56)30(43-27)15-28-20(4-8-36(51)52)24(12-40(59)60)32(44-28)16-31-23(11-39(57)58)18(2-6-34(47)48)26(42-31)13-25(17)41-29/h13-16,18-19,23,41H,1-12H2,(H,45,46)(H,47,48)(H,49,50)(H,51,52)(H,53,54)(H,55,56)(H,57,58)(H,59,60)/b25-13-,28-15-,29-14-,31-16-. The molecule has 0 aliphatic carbocycles. The van der Waals surface area contributed by atoms with Crippen molar-refractivity contribution < 1.29 is 79.2 Å². The van der Waals surface area contributed by atoms with E-state index in [9.17, 15) is 79.2 Å². The van der Waals surface area contributed by atoms with Gasteiger partial charge in [-0.1, -0.05) is 0 Å². The van der Waals surface area contributed by atoms with Gasteiger partial charge in [0, 0.05) is 65.5 Å². The van der Waals surface area contributed by atoms with Crippen LogP contribution in [0, 0.1) is 17.8 Å². The van der Waals surface area contributed by atoms with Crippen molar-refractivity contribution in [3.63, 3.8) is 0 Å². The molecule has 3 atom stereocenters. The Hall–Kier alpha value is -7.25. The lowest BCUT2D eigenvalue weighted by Gasteiger charge is -2.19. The number of aliphatic carboxylic acids is 8. The number of carboxylic acid groups (broad SMARTS) is 8. The van der Waals surface area contributed by atoms with Crippen LogP contribution in [-0.2, 0) is 51.2 Å². The zero-order valence-corrected chi connectivity index (χ0v) is 31.7. The van der Waals surface area contributed by atoms with Crippen molar-refractivity contribution in [2.24, 2.45) is 32.7 Å². The summed E-state index contributed by atoms with van der Waals surface area (Å²) < 4.78 is 0. The maximum absolute atomic E-state index is 12.3. The number of hydrogen-bond acceptors (Lipinski definition) is 11. The SMILES string of the molecule is O=C(O)CCC1=C(CC(=O)O)C2=NC/1=C\C1=C(CC(=O)O)C(CCC(=O)O)C(=N1)/C=c1\[nH]/c(c(CCC(=O)O)c1CC(=O)O)=C\C1=NC(=C\2)/C(CC(=O)O)C1CCC(=O)O. The van der Waals surface area contributed by atoms with Gasteiger partial charge in [0.05, 0.1) is 48.5 Å². The molecule has 0 saturated carbocycles. The van der Waals surface area contributed by atoms with Crippen LogP contribution in [0.25, 0.3) is 12.2 Å². The van der Waals surface area contributed by atoms with E-state index in [4.69, 9.17) is 9.98 Å². The van der Waals surface area contributed by atoms with Gasteiger partial charge in [-0.05, 0) is 77.8 Å². The summed E-state index contributed by atoms with van der Waals surface area (Å²) in [5.41, 5.74) is 0.774. The second-order valence-corrected chi connectivity index (χ2v) is 14.5. The van der Waals surface area contributed by atoms with Crippen molar-refractivity contribution in [3.8, 4) is 0 Å². The summed E-state index contributed by atoms with van der Waals surface area (Å²) in [5, 5.41) is 78.9. The molecule has 9 N–H and O–H groups in total. The quantitative estimate of drug-likeness (QED) is 0.0904. The number of aromatic nitrogens is 1. The second kappa shape index (κ2) is 18.6. The number of fused-ring (bicyclic) bond motifs is 5. The number of nitrogens with zero attached hydrogens (tertiary/aromatic N) is 3. The number of aliphatic imine (C=N–C) groups is 3. The lowest BCUT2D eigenvalue weighted by Crippen LogP contribution is -2.24. The predicted molar refractivity (Wildman–Crippen MR) is 207 cm³/mol. The molecule has 20 heteroatoms. The lowest BCUT2D eigenvalue weighted by atomic mass is 9.82. The van der Waals surface area contributed by atoms with Crippen LogP contribution in [0.3, 0.4) is 0 Å². The van der Waals surface area contributed by atoms with Crippen LogP contribution >= 0.6 is 0 Å². The third-order valence-electron chi connectivity index (χ3n) is 10.4. The molecule has 20 nitrogen and oxygen atoms in total. The number of carboxylic acids is 8. The molecule has 0 saturated heterocycles. The van der Waals surface area contributed by atoms with E-state index in [0.29, 0.717) is 0 Å². The van der Waals surface area contributed by atoms with Crippen LogP contribution in [-0.4, -0.2) is 111 Å². The Kier molecular flexibility index (Phi) is 13.6. The van der Waals surface area contributed by atoms with Gasteiger partial charge < -0.3 is 45.8 Å². The Bertz CT molecular complexity index is 2440. The highest BCUT2D eigenvalue weighted by Gasteiger charge is 2.38. The number of nitrogens with one attached hydrogen (secondary N) is 1. The van der Waals surface area contributed by atoms with E-state index >= 15 is 0 Å². The van der Waals surface area contributed by atoms with E-state index in [-0.39, 0.29) is 98.5 Å². The van der Waals surface area contributed by atoms with Gasteiger partial charge >= 0.3 is 47.8 Å². The maximum Gasteiger partial charge on any atom is 0.307 e. The molecule has 5 rings (SSSR count). The van der Waals surface area contributed by atoms with Crippen molar-refractivity contribution in [1.82, 2.24) is 4.98 Å². The smallest absolute Gasteiger partial charge is 0.307 e. The van der Waals surface area contributed by atoms with Gasteiger partial charge in [0.1, 0.15) is 0 Å². The molecule has 0 amide bonds. The first-order valence-corrected chi connectivity index (χ1v) is 18.6. The van der Waals surface area contributed by atoms with Crippen LogP contribution in [0.5, 0.6) is 0 Å². The van der Waals surface area contributed by atoms with Crippen molar-refractivity contribution >= 4 is 77.0 Å². The van der Waals surface area contributed by atoms with Gasteiger partial charge in [0.25, 0.3) is 0 Å². The van der Waals surface area contributed by atoms with Gasteiger partial charge in [-0.2, -0.15) is 0 Å². The first-order chi connectivity index (χ1) is 28.3. The third kappa shape index (κ3) is 10.6. The van der Waals surface area contributed by atoms with Crippen LogP contribution in [0.4, 0.5) is 0 Å². The molecular formula is C40H40N4O16. The Morgan fingerprint density at radius 1 is 0.517 bits per heavy atom. The van der Waals surface area contributed by atoms with Crippen molar-refractivity contribution in [2.45, 2.75) is 77.0 Å². The number of aromatic amines is 1. The van der Waals surface area contributed by atoms with E-state index < -0.39 is 117 Å². The number of carbonyl (C=O) groups is 8. The van der Waals surface area contributed by atoms with Crippen LogP contribution in [0.15, 0.2) is 60.9 Å². The second-order valence-electron chi connectivity index (χ2n) is 14.5. The highest BCUT2D eigenvalue weighted by Crippen LogP contribution is 2.41. The zero-order chi connectivity index (χ0) is 44.0. The molecule has 0 fully saturated rings. The Balaban J connectivity index is 1.96. The minimum absolute atomic E-state index is 0.0121. The molecule has 4 aliphatic rings. The fourth-order valence-electron chi connectivity index (χ4n) is 7.91. The average molecular weight is 833 g/mol. The number of hydrogen-bond donors (Lipinski definition) is 9. The number of rotatable bonds is 20. The van der Waals surface area contributed by atoms with E-state index in [1.54, 1.807) is 0 Å². The molecule has 0 aromatic carbocycles. The topological polar surface area (TPSA) is 351 Å². The molecule has 1 aromatic heterocycles. The maximum atomic E-state index is 12.3. The first kappa shape index (κ1) is 43.9. The van der Waals surface area contributed by atoms with Gasteiger partial charge in [-0.3, -0.25) is 48.3 Å². The van der Waals surface area contributed by atoms with Crippen molar-refractivity contribution in [1.29, 1.82) is 0 Å². The molecule has 4 aliphatic heterocycles. The molecular weight excluding hydrogens is 792 g/mol.